The van der Waals surface area contributed by atoms with Crippen LogP contribution < -0.4 is 5.32 Å². The highest BCUT2D eigenvalue weighted by Crippen LogP contribution is 2.12. The lowest BCUT2D eigenvalue weighted by molar-refractivity contribution is -0.115. The summed E-state index contributed by atoms with van der Waals surface area (Å²) >= 11 is 5.86. The van der Waals surface area contributed by atoms with Crippen molar-refractivity contribution in [3.63, 3.8) is 0 Å². The highest BCUT2D eigenvalue weighted by atomic mass is 35.5. The predicted molar refractivity (Wildman–Crippen MR) is 70.2 cm³/mol. The summed E-state index contributed by atoms with van der Waals surface area (Å²) in [5.41, 5.74) is 1.71. The van der Waals surface area contributed by atoms with Gasteiger partial charge in [0.2, 0.25) is 5.91 Å². The Kier molecular flexibility index (Phi) is 3.78. The van der Waals surface area contributed by atoms with Gasteiger partial charge in [-0.05, 0) is 29.8 Å². The van der Waals surface area contributed by atoms with E-state index in [1.807, 2.05) is 42.5 Å². The number of anilines is 1. The van der Waals surface area contributed by atoms with Crippen molar-refractivity contribution in [2.45, 2.75) is 6.42 Å². The summed E-state index contributed by atoms with van der Waals surface area (Å²) in [6.45, 7) is 0. The summed E-state index contributed by atoms with van der Waals surface area (Å²) in [6, 6.07) is 16.7. The smallest absolute Gasteiger partial charge is 0.228 e. The van der Waals surface area contributed by atoms with E-state index in [0.717, 1.165) is 11.3 Å². The van der Waals surface area contributed by atoms with Gasteiger partial charge in [0.15, 0.2) is 0 Å². The fraction of sp³-hybridized carbons (Fsp3) is 0.0714. The Hall–Kier alpha value is -1.80. The summed E-state index contributed by atoms with van der Waals surface area (Å²) in [5, 5.41) is 3.48. The second-order valence-corrected chi connectivity index (χ2v) is 4.16. The van der Waals surface area contributed by atoms with Gasteiger partial charge in [0.25, 0.3) is 0 Å². The van der Waals surface area contributed by atoms with Crippen LogP contribution in [0.1, 0.15) is 5.56 Å². The van der Waals surface area contributed by atoms with E-state index >= 15 is 0 Å². The van der Waals surface area contributed by atoms with Gasteiger partial charge in [-0.2, -0.15) is 0 Å². The monoisotopic (exact) mass is 245 g/mol. The standard InChI is InChI=1S/C14H12ClNO/c15-12-6-4-5-11(9-12)10-14(17)16-13-7-2-1-3-8-13/h1-9H,10H2,(H,16,17). The van der Waals surface area contributed by atoms with Crippen molar-refractivity contribution in [2.75, 3.05) is 5.32 Å². The van der Waals surface area contributed by atoms with E-state index in [-0.39, 0.29) is 5.91 Å². The van der Waals surface area contributed by atoms with Crippen molar-refractivity contribution in [3.05, 3.63) is 65.2 Å². The third-order valence-corrected chi connectivity index (χ3v) is 2.55. The summed E-state index contributed by atoms with van der Waals surface area (Å²) < 4.78 is 0. The number of rotatable bonds is 3. The molecule has 3 heteroatoms. The van der Waals surface area contributed by atoms with Crippen LogP contribution in [-0.2, 0) is 11.2 Å². The lowest BCUT2D eigenvalue weighted by atomic mass is 10.1. The Morgan fingerprint density at radius 1 is 1.06 bits per heavy atom. The number of benzene rings is 2. The Balaban J connectivity index is 1.98. The van der Waals surface area contributed by atoms with Gasteiger partial charge in [-0.1, -0.05) is 41.9 Å². The molecule has 0 aliphatic heterocycles. The molecule has 0 radical (unpaired) electrons. The first-order valence-corrected chi connectivity index (χ1v) is 5.71. The van der Waals surface area contributed by atoms with Gasteiger partial charge in [-0.25, -0.2) is 0 Å². The molecular formula is C14H12ClNO. The Bertz CT molecular complexity index is 511. The van der Waals surface area contributed by atoms with Crippen LogP contribution in [-0.4, -0.2) is 5.91 Å². The third kappa shape index (κ3) is 3.61. The molecule has 2 nitrogen and oxygen atoms in total. The number of halogens is 1. The minimum Gasteiger partial charge on any atom is -0.326 e. The van der Waals surface area contributed by atoms with E-state index in [4.69, 9.17) is 11.6 Å². The number of carbonyl (C=O) groups is 1. The van der Waals surface area contributed by atoms with Crippen LogP contribution in [0.3, 0.4) is 0 Å². The van der Waals surface area contributed by atoms with Crippen LogP contribution in [0.5, 0.6) is 0 Å². The molecule has 0 heterocycles. The lowest BCUT2D eigenvalue weighted by Crippen LogP contribution is -2.14. The van der Waals surface area contributed by atoms with E-state index < -0.39 is 0 Å². The first-order valence-electron chi connectivity index (χ1n) is 5.33. The Morgan fingerprint density at radius 2 is 1.82 bits per heavy atom. The second-order valence-electron chi connectivity index (χ2n) is 3.72. The molecule has 0 saturated heterocycles. The van der Waals surface area contributed by atoms with E-state index in [9.17, 15) is 4.79 Å². The quantitative estimate of drug-likeness (QED) is 0.881. The zero-order valence-electron chi connectivity index (χ0n) is 9.19. The molecule has 2 rings (SSSR count). The van der Waals surface area contributed by atoms with Crippen LogP contribution in [0.25, 0.3) is 0 Å². The van der Waals surface area contributed by atoms with E-state index in [0.29, 0.717) is 11.4 Å². The molecule has 0 bridgehead atoms. The molecule has 0 aromatic heterocycles. The largest absolute Gasteiger partial charge is 0.326 e. The average molecular weight is 246 g/mol. The lowest BCUT2D eigenvalue weighted by Gasteiger charge is -2.05. The molecule has 0 fully saturated rings. The molecule has 2 aromatic carbocycles. The van der Waals surface area contributed by atoms with Crippen LogP contribution >= 0.6 is 11.6 Å². The number of amides is 1. The Labute approximate surface area is 105 Å². The summed E-state index contributed by atoms with van der Waals surface area (Å²) in [5.74, 6) is -0.0431. The van der Waals surface area contributed by atoms with Crippen molar-refractivity contribution >= 4 is 23.2 Å². The molecular weight excluding hydrogens is 234 g/mol. The molecule has 0 aliphatic carbocycles. The Morgan fingerprint density at radius 3 is 2.53 bits per heavy atom. The average Bonchev–Trinajstić information content (AvgIpc) is 2.30. The molecule has 1 amide bonds. The second kappa shape index (κ2) is 5.51. The minimum absolute atomic E-state index is 0.0431. The normalized spacial score (nSPS) is 9.94. The summed E-state index contributed by atoms with van der Waals surface area (Å²) in [6.07, 6.45) is 0.329. The highest BCUT2D eigenvalue weighted by Gasteiger charge is 2.03. The van der Waals surface area contributed by atoms with E-state index in [1.165, 1.54) is 0 Å². The summed E-state index contributed by atoms with van der Waals surface area (Å²) in [7, 11) is 0. The van der Waals surface area contributed by atoms with Gasteiger partial charge < -0.3 is 5.32 Å². The molecule has 0 saturated carbocycles. The van der Waals surface area contributed by atoms with Crippen molar-refractivity contribution in [2.24, 2.45) is 0 Å². The van der Waals surface area contributed by atoms with Gasteiger partial charge in [-0.3, -0.25) is 4.79 Å². The van der Waals surface area contributed by atoms with Gasteiger partial charge in [0.05, 0.1) is 6.42 Å². The fourth-order valence-electron chi connectivity index (χ4n) is 1.56. The predicted octanol–water partition coefficient (Wildman–Crippen LogP) is 3.52. The van der Waals surface area contributed by atoms with E-state index in [2.05, 4.69) is 5.32 Å². The molecule has 17 heavy (non-hydrogen) atoms. The van der Waals surface area contributed by atoms with Crippen molar-refractivity contribution in [1.29, 1.82) is 0 Å². The van der Waals surface area contributed by atoms with Crippen LogP contribution in [0, 0.1) is 0 Å². The van der Waals surface area contributed by atoms with Crippen LogP contribution in [0.15, 0.2) is 54.6 Å². The number of hydrogen-bond donors (Lipinski definition) is 1. The van der Waals surface area contributed by atoms with Crippen LogP contribution in [0.4, 0.5) is 5.69 Å². The van der Waals surface area contributed by atoms with E-state index in [1.54, 1.807) is 12.1 Å². The molecule has 0 spiro atoms. The minimum atomic E-state index is -0.0431. The van der Waals surface area contributed by atoms with Gasteiger partial charge in [0, 0.05) is 10.7 Å². The summed E-state index contributed by atoms with van der Waals surface area (Å²) in [4.78, 5) is 11.7. The SMILES string of the molecule is O=C(Cc1cccc(Cl)c1)Nc1ccccc1. The number of hydrogen-bond acceptors (Lipinski definition) is 1. The van der Waals surface area contributed by atoms with Crippen molar-refractivity contribution in [1.82, 2.24) is 0 Å². The molecule has 0 unspecified atom stereocenters. The maximum Gasteiger partial charge on any atom is 0.228 e. The highest BCUT2D eigenvalue weighted by molar-refractivity contribution is 6.30. The zero-order valence-corrected chi connectivity index (χ0v) is 9.95. The topological polar surface area (TPSA) is 29.1 Å². The maximum absolute atomic E-state index is 11.7. The van der Waals surface area contributed by atoms with Crippen LogP contribution in [0.2, 0.25) is 5.02 Å². The molecule has 0 atom stereocenters. The first kappa shape index (κ1) is 11.7. The zero-order chi connectivity index (χ0) is 12.1. The number of para-hydroxylation sites is 1. The van der Waals surface area contributed by atoms with Crippen molar-refractivity contribution < 1.29 is 4.79 Å². The van der Waals surface area contributed by atoms with Gasteiger partial charge in [-0.15, -0.1) is 0 Å². The first-order chi connectivity index (χ1) is 8.24. The molecule has 0 aliphatic rings. The fourth-order valence-corrected chi connectivity index (χ4v) is 1.77. The number of carbonyl (C=O) groups excluding carboxylic acids is 1. The van der Waals surface area contributed by atoms with Gasteiger partial charge in [0.1, 0.15) is 0 Å². The number of nitrogens with one attached hydrogen (secondary N) is 1. The van der Waals surface area contributed by atoms with Crippen molar-refractivity contribution in [3.8, 4) is 0 Å². The molecule has 2 aromatic rings. The molecule has 1 N–H and O–H groups in total. The maximum atomic E-state index is 11.7. The molecule has 86 valence electrons. The third-order valence-electron chi connectivity index (χ3n) is 2.31. The van der Waals surface area contributed by atoms with Gasteiger partial charge >= 0.3 is 0 Å².